The van der Waals surface area contributed by atoms with E-state index in [1.807, 2.05) is 12.1 Å². The van der Waals surface area contributed by atoms with Crippen LogP contribution in [0.25, 0.3) is 11.4 Å². The van der Waals surface area contributed by atoms with E-state index in [-0.39, 0.29) is 18.9 Å². The smallest absolute Gasteiger partial charge is 0.405 e. The van der Waals surface area contributed by atoms with E-state index in [9.17, 15) is 9.59 Å². The minimum Gasteiger partial charge on any atom is -0.465 e. The van der Waals surface area contributed by atoms with Gasteiger partial charge in [0.1, 0.15) is 6.04 Å². The van der Waals surface area contributed by atoms with Crippen LogP contribution in [0.15, 0.2) is 28.8 Å². The molecular weight excluding hydrogens is 412 g/mol. The number of aryl methyl sites for hydroxylation is 1. The van der Waals surface area contributed by atoms with Crippen LogP contribution >= 0.6 is 0 Å². The van der Waals surface area contributed by atoms with Crippen molar-refractivity contribution in [1.82, 2.24) is 20.8 Å². The van der Waals surface area contributed by atoms with E-state index in [0.29, 0.717) is 5.82 Å². The summed E-state index contributed by atoms with van der Waals surface area (Å²) >= 11 is 0. The summed E-state index contributed by atoms with van der Waals surface area (Å²) in [5, 5.41) is 26.1. The van der Waals surface area contributed by atoms with Crippen LogP contribution in [0.1, 0.15) is 82.2 Å². The first kappa shape index (κ1) is 25.2. The van der Waals surface area contributed by atoms with Gasteiger partial charge in [0.2, 0.25) is 11.7 Å². The highest BCUT2D eigenvalue weighted by atomic mass is 16.5. The molecule has 0 spiro atoms. The molecule has 1 heterocycles. The third-order valence-electron chi connectivity index (χ3n) is 5.28. The van der Waals surface area contributed by atoms with E-state index >= 15 is 0 Å². The van der Waals surface area contributed by atoms with E-state index in [1.165, 1.54) is 56.9 Å². The average Bonchev–Trinajstić information content (AvgIpc) is 3.25. The summed E-state index contributed by atoms with van der Waals surface area (Å²) in [4.78, 5) is 25.9. The number of aromatic nitrogens is 2. The molecule has 4 N–H and O–H groups in total. The van der Waals surface area contributed by atoms with Gasteiger partial charge in [0.25, 0.3) is 0 Å². The number of unbranched alkanes of at least 4 members (excludes halogenated alkanes) is 7. The third-order valence-corrected chi connectivity index (χ3v) is 5.28. The lowest BCUT2D eigenvalue weighted by molar-refractivity contribution is 0.184. The number of carbonyl (C=O) groups is 2. The SMILES string of the molecule is CCCCCCCCCCc1ccc(-c2noc([C@H](CCNC(=O)O)NC(=O)O)n2)cc1. The van der Waals surface area contributed by atoms with Gasteiger partial charge in [-0.1, -0.05) is 81.3 Å². The quantitative estimate of drug-likeness (QED) is 0.269. The summed E-state index contributed by atoms with van der Waals surface area (Å²) in [5.74, 6) is 0.458. The highest BCUT2D eigenvalue weighted by molar-refractivity contribution is 5.65. The Morgan fingerprint density at radius 1 is 0.969 bits per heavy atom. The van der Waals surface area contributed by atoms with Crippen LogP contribution in [0.3, 0.4) is 0 Å². The Balaban J connectivity index is 1.84. The van der Waals surface area contributed by atoms with Crippen molar-refractivity contribution in [2.24, 2.45) is 0 Å². The lowest BCUT2D eigenvalue weighted by atomic mass is 10.0. The normalized spacial score (nSPS) is 11.8. The number of nitrogens with one attached hydrogen (secondary N) is 2. The van der Waals surface area contributed by atoms with E-state index in [0.717, 1.165) is 12.0 Å². The van der Waals surface area contributed by atoms with Gasteiger partial charge in [-0.2, -0.15) is 4.98 Å². The maximum atomic E-state index is 11.0. The molecule has 0 saturated heterocycles. The van der Waals surface area contributed by atoms with Crippen LogP contribution in [0, 0.1) is 0 Å². The Morgan fingerprint density at radius 3 is 2.25 bits per heavy atom. The summed E-state index contributed by atoms with van der Waals surface area (Å²) < 4.78 is 5.23. The Kier molecular flexibility index (Phi) is 11.1. The van der Waals surface area contributed by atoms with Crippen LogP contribution < -0.4 is 10.6 Å². The molecule has 0 aliphatic rings. The Labute approximate surface area is 188 Å². The second-order valence-electron chi connectivity index (χ2n) is 7.90. The van der Waals surface area contributed by atoms with Crippen molar-refractivity contribution in [2.75, 3.05) is 6.54 Å². The minimum absolute atomic E-state index is 0.0471. The summed E-state index contributed by atoms with van der Waals surface area (Å²) in [7, 11) is 0. The molecule has 176 valence electrons. The zero-order valence-electron chi connectivity index (χ0n) is 18.7. The number of nitrogens with zero attached hydrogens (tertiary/aromatic N) is 2. The summed E-state index contributed by atoms with van der Waals surface area (Å²) in [5.41, 5.74) is 2.03. The zero-order valence-corrected chi connectivity index (χ0v) is 18.7. The molecule has 1 aromatic heterocycles. The first-order chi connectivity index (χ1) is 15.5. The molecule has 1 aromatic carbocycles. The van der Waals surface area contributed by atoms with Crippen molar-refractivity contribution >= 4 is 12.2 Å². The second-order valence-corrected chi connectivity index (χ2v) is 7.90. The Morgan fingerprint density at radius 2 is 1.62 bits per heavy atom. The molecule has 9 nitrogen and oxygen atoms in total. The van der Waals surface area contributed by atoms with Crippen LogP contribution in [0.2, 0.25) is 0 Å². The van der Waals surface area contributed by atoms with Crippen molar-refractivity contribution in [3.63, 3.8) is 0 Å². The largest absolute Gasteiger partial charge is 0.465 e. The molecule has 0 fully saturated rings. The molecule has 0 radical (unpaired) electrons. The first-order valence-corrected chi connectivity index (χ1v) is 11.4. The van der Waals surface area contributed by atoms with Gasteiger partial charge < -0.3 is 25.4 Å². The van der Waals surface area contributed by atoms with Crippen molar-refractivity contribution in [3.8, 4) is 11.4 Å². The highest BCUT2D eigenvalue weighted by Gasteiger charge is 2.21. The molecule has 9 heteroatoms. The van der Waals surface area contributed by atoms with Gasteiger partial charge in [-0.25, -0.2) is 9.59 Å². The van der Waals surface area contributed by atoms with E-state index in [2.05, 4.69) is 39.8 Å². The molecule has 2 amide bonds. The molecule has 2 rings (SSSR count). The van der Waals surface area contributed by atoms with Gasteiger partial charge in [0.15, 0.2) is 0 Å². The molecule has 0 saturated carbocycles. The van der Waals surface area contributed by atoms with Gasteiger partial charge >= 0.3 is 12.2 Å². The molecule has 0 aliphatic carbocycles. The number of amides is 2. The van der Waals surface area contributed by atoms with Gasteiger partial charge in [0.05, 0.1) is 0 Å². The fraction of sp³-hybridized carbons (Fsp3) is 0.565. The van der Waals surface area contributed by atoms with Gasteiger partial charge in [-0.15, -0.1) is 0 Å². The fourth-order valence-corrected chi connectivity index (χ4v) is 3.51. The third kappa shape index (κ3) is 9.36. The molecule has 1 atom stereocenters. The molecule has 0 bridgehead atoms. The van der Waals surface area contributed by atoms with Crippen LogP contribution in [0.4, 0.5) is 9.59 Å². The number of carboxylic acid groups (broad SMARTS) is 2. The molecular formula is C23H34N4O5. The fourth-order valence-electron chi connectivity index (χ4n) is 3.51. The van der Waals surface area contributed by atoms with E-state index in [4.69, 9.17) is 14.7 Å². The number of benzene rings is 1. The number of hydrogen-bond acceptors (Lipinski definition) is 5. The van der Waals surface area contributed by atoms with E-state index in [1.54, 1.807) is 0 Å². The first-order valence-electron chi connectivity index (χ1n) is 11.4. The van der Waals surface area contributed by atoms with Crippen LogP contribution in [-0.2, 0) is 6.42 Å². The maximum Gasteiger partial charge on any atom is 0.405 e. The van der Waals surface area contributed by atoms with Crippen molar-refractivity contribution in [2.45, 2.75) is 77.2 Å². The lowest BCUT2D eigenvalue weighted by Gasteiger charge is -2.12. The molecule has 2 aromatic rings. The maximum absolute atomic E-state index is 11.0. The average molecular weight is 447 g/mol. The van der Waals surface area contributed by atoms with Crippen molar-refractivity contribution < 1.29 is 24.3 Å². The highest BCUT2D eigenvalue weighted by Crippen LogP contribution is 2.21. The van der Waals surface area contributed by atoms with Gasteiger partial charge in [-0.3, -0.25) is 0 Å². The lowest BCUT2D eigenvalue weighted by Crippen LogP contribution is -2.31. The standard InChI is InChI=1S/C23H34N4O5/c1-2-3-4-5-6-7-8-9-10-17-11-13-18(14-12-17)20-26-21(32-27-20)19(25-23(30)31)15-16-24-22(28)29/h11-14,19,24-25H,2-10,15-16H2,1H3,(H,28,29)(H,30,31)/t19-/m0/s1. The zero-order chi connectivity index (χ0) is 23.2. The van der Waals surface area contributed by atoms with Crippen molar-refractivity contribution in [3.05, 3.63) is 35.7 Å². The summed E-state index contributed by atoms with van der Waals surface area (Å²) in [6, 6.07) is 7.16. The monoisotopic (exact) mass is 446 g/mol. The van der Waals surface area contributed by atoms with Gasteiger partial charge in [0, 0.05) is 12.1 Å². The van der Waals surface area contributed by atoms with Gasteiger partial charge in [-0.05, 0) is 24.8 Å². The second kappa shape index (κ2) is 14.1. The topological polar surface area (TPSA) is 138 Å². The van der Waals surface area contributed by atoms with Crippen LogP contribution in [0.5, 0.6) is 0 Å². The predicted molar refractivity (Wildman–Crippen MR) is 121 cm³/mol. The summed E-state index contributed by atoms with van der Waals surface area (Å²) in [6.07, 6.45) is 9.10. The predicted octanol–water partition coefficient (Wildman–Crippen LogP) is 5.39. The minimum atomic E-state index is -1.25. The number of rotatable bonds is 15. The van der Waals surface area contributed by atoms with E-state index < -0.39 is 18.2 Å². The van der Waals surface area contributed by atoms with Crippen molar-refractivity contribution in [1.29, 1.82) is 0 Å². The Bertz CT molecular complexity index is 822. The molecule has 0 unspecified atom stereocenters. The summed E-state index contributed by atoms with van der Waals surface area (Å²) in [6.45, 7) is 2.28. The molecule has 32 heavy (non-hydrogen) atoms. The molecule has 0 aliphatic heterocycles. The van der Waals surface area contributed by atoms with Crippen LogP contribution in [-0.4, -0.2) is 39.1 Å². The number of hydrogen-bond donors (Lipinski definition) is 4. The Hall–Kier alpha value is -3.10.